The van der Waals surface area contributed by atoms with Gasteiger partial charge in [0, 0.05) is 11.1 Å². The lowest BCUT2D eigenvalue weighted by atomic mass is 9.93. The monoisotopic (exact) mass is 431 g/mol. The van der Waals surface area contributed by atoms with Gasteiger partial charge in [-0.25, -0.2) is 0 Å². The van der Waals surface area contributed by atoms with Crippen LogP contribution in [-0.4, -0.2) is 18.0 Å². The molecule has 1 amide bonds. The number of hydrogen-bond acceptors (Lipinski definition) is 6. The molecule has 2 aromatic carbocycles. The van der Waals surface area contributed by atoms with Crippen LogP contribution in [0.3, 0.4) is 0 Å². The largest absolute Gasteiger partial charge is 0.493 e. The summed E-state index contributed by atoms with van der Waals surface area (Å²) in [6, 6.07) is 15.8. The summed E-state index contributed by atoms with van der Waals surface area (Å²) >= 11 is 1.65. The third kappa shape index (κ3) is 2.44. The summed E-state index contributed by atoms with van der Waals surface area (Å²) in [6.45, 7) is 2.10. The van der Waals surface area contributed by atoms with E-state index in [4.69, 9.17) is 9.47 Å². The highest BCUT2D eigenvalue weighted by Gasteiger charge is 2.61. The summed E-state index contributed by atoms with van der Waals surface area (Å²) in [5.74, 6) is 0.995. The molecule has 6 rings (SSSR count). The van der Waals surface area contributed by atoms with E-state index in [2.05, 4.69) is 35.9 Å². The van der Waals surface area contributed by atoms with Crippen molar-refractivity contribution in [3.63, 3.8) is 0 Å². The summed E-state index contributed by atoms with van der Waals surface area (Å²) in [4.78, 5) is 14.7. The molecule has 3 aliphatic heterocycles. The zero-order chi connectivity index (χ0) is 21.2. The number of hydrogen-bond donors (Lipinski definition) is 2. The second kappa shape index (κ2) is 6.60. The number of amides is 1. The Labute approximate surface area is 184 Å². The maximum absolute atomic E-state index is 13.6. The summed E-state index contributed by atoms with van der Waals surface area (Å²) < 4.78 is 12.2. The number of para-hydroxylation sites is 1. The quantitative estimate of drug-likeness (QED) is 0.643. The summed E-state index contributed by atoms with van der Waals surface area (Å²) in [7, 11) is 1.62. The van der Waals surface area contributed by atoms with Crippen molar-refractivity contribution in [2.45, 2.75) is 25.1 Å². The van der Waals surface area contributed by atoms with Crippen molar-refractivity contribution < 1.29 is 14.3 Å². The van der Waals surface area contributed by atoms with Crippen molar-refractivity contribution in [2.75, 3.05) is 12.4 Å². The molecule has 0 radical (unpaired) electrons. The van der Waals surface area contributed by atoms with E-state index >= 15 is 0 Å². The van der Waals surface area contributed by atoms with Gasteiger partial charge < -0.3 is 20.2 Å². The van der Waals surface area contributed by atoms with Crippen LogP contribution in [0.5, 0.6) is 11.5 Å². The fourth-order valence-electron chi connectivity index (χ4n) is 4.64. The minimum atomic E-state index is -1.34. The Bertz CT molecular complexity index is 1240. The summed E-state index contributed by atoms with van der Waals surface area (Å²) in [6.07, 6.45) is 3.02. The maximum Gasteiger partial charge on any atom is 0.291 e. The molecule has 0 saturated carbocycles. The minimum Gasteiger partial charge on any atom is -0.493 e. The molecule has 4 heterocycles. The van der Waals surface area contributed by atoms with Gasteiger partial charge in [0.15, 0.2) is 11.5 Å². The molecule has 0 bridgehead atoms. The lowest BCUT2D eigenvalue weighted by Crippen LogP contribution is -2.60. The number of nitrogens with one attached hydrogen (secondary N) is 2. The third-order valence-electron chi connectivity index (χ3n) is 6.18. The first-order chi connectivity index (χ1) is 15.2. The average Bonchev–Trinajstić information content (AvgIpc) is 3.52. The van der Waals surface area contributed by atoms with Gasteiger partial charge in [-0.3, -0.25) is 4.79 Å². The van der Waals surface area contributed by atoms with Crippen LogP contribution >= 0.6 is 11.3 Å². The van der Waals surface area contributed by atoms with Gasteiger partial charge in [-0.15, -0.1) is 11.3 Å². The zero-order valence-electron chi connectivity index (χ0n) is 17.1. The van der Waals surface area contributed by atoms with E-state index in [9.17, 15) is 4.79 Å². The first-order valence-electron chi connectivity index (χ1n) is 10.3. The van der Waals surface area contributed by atoms with Crippen LogP contribution < -0.4 is 20.2 Å². The predicted octanol–water partition coefficient (Wildman–Crippen LogP) is 4.42. The molecule has 1 spiro atoms. The van der Waals surface area contributed by atoms with Gasteiger partial charge in [-0.1, -0.05) is 31.2 Å². The molecule has 3 aliphatic rings. The number of carbonyl (C=O) groups is 1. The Morgan fingerprint density at radius 3 is 2.90 bits per heavy atom. The number of carbonyl (C=O) groups excluding carboxylic acids is 1. The summed E-state index contributed by atoms with van der Waals surface area (Å²) in [5.41, 5.74) is 6.79. The number of aryl methyl sites for hydroxylation is 1. The van der Waals surface area contributed by atoms with Gasteiger partial charge in [-0.2, -0.15) is 5.01 Å². The number of thiophene rings is 1. The van der Waals surface area contributed by atoms with Crippen molar-refractivity contribution in [1.82, 2.24) is 10.4 Å². The number of benzene rings is 2. The molecule has 0 aliphatic carbocycles. The van der Waals surface area contributed by atoms with Crippen LogP contribution in [0.25, 0.3) is 5.70 Å². The second-order valence-corrected chi connectivity index (χ2v) is 8.74. The highest BCUT2D eigenvalue weighted by molar-refractivity contribution is 7.11. The molecule has 0 saturated heterocycles. The minimum absolute atomic E-state index is 0.196. The van der Waals surface area contributed by atoms with E-state index in [1.54, 1.807) is 18.4 Å². The lowest BCUT2D eigenvalue weighted by molar-refractivity contribution is -0.166. The number of ether oxygens (including phenoxy) is 2. The molecule has 0 unspecified atom stereocenters. The second-order valence-electron chi connectivity index (χ2n) is 7.80. The molecular formula is C24H21N3O3S. The fraction of sp³-hybridized carbons (Fsp3) is 0.208. The van der Waals surface area contributed by atoms with Crippen LogP contribution in [0, 0.1) is 0 Å². The molecule has 3 aromatic rings. The van der Waals surface area contributed by atoms with E-state index in [0.717, 1.165) is 39.4 Å². The first-order valence-corrected chi connectivity index (χ1v) is 11.2. The van der Waals surface area contributed by atoms with Crippen LogP contribution in [0.2, 0.25) is 0 Å². The summed E-state index contributed by atoms with van der Waals surface area (Å²) in [5, 5.41) is 7.01. The van der Waals surface area contributed by atoms with Gasteiger partial charge in [0.2, 0.25) is 0 Å². The number of nitrogens with zero attached hydrogens (tertiary/aromatic N) is 1. The molecule has 6 nitrogen and oxygen atoms in total. The van der Waals surface area contributed by atoms with E-state index in [-0.39, 0.29) is 11.9 Å². The Hall–Kier alpha value is -3.29. The molecule has 2 atom stereocenters. The van der Waals surface area contributed by atoms with Crippen molar-refractivity contribution in [2.24, 2.45) is 0 Å². The van der Waals surface area contributed by atoms with E-state index in [1.165, 1.54) is 0 Å². The first kappa shape index (κ1) is 18.5. The van der Waals surface area contributed by atoms with Crippen LogP contribution in [-0.2, 0) is 16.9 Å². The van der Waals surface area contributed by atoms with Crippen molar-refractivity contribution in [3.8, 4) is 11.5 Å². The Balaban J connectivity index is 1.60. The highest BCUT2D eigenvalue weighted by atomic mass is 32.1. The standard InChI is InChI=1S/C24H21N3O3S/c1-3-14-9-10-17-16(12-14)24(23(28)25-17)27-19(13-18(26-27)21-8-5-11-31-21)15-6-4-7-20(29-2)22(15)30-24/h4-13,19,26H,3H2,1-2H3,(H,25,28)/t19-,24-/m0/s1. The maximum atomic E-state index is 13.6. The van der Waals surface area contributed by atoms with E-state index in [1.807, 2.05) is 46.8 Å². The SMILES string of the molecule is CCc1ccc2c(c1)[C@]1(Oc3c(OC)cccc3[C@@H]3C=C(c4cccs4)NN31)C(=O)N2. The molecule has 156 valence electrons. The number of methoxy groups -OCH3 is 1. The lowest BCUT2D eigenvalue weighted by Gasteiger charge is -2.45. The molecule has 0 fully saturated rings. The Morgan fingerprint density at radius 2 is 2.13 bits per heavy atom. The van der Waals surface area contributed by atoms with Crippen LogP contribution in [0.1, 0.15) is 34.5 Å². The number of fused-ring (bicyclic) bond motifs is 6. The molecular weight excluding hydrogens is 410 g/mol. The normalized spacial score (nSPS) is 23.4. The van der Waals surface area contributed by atoms with Gasteiger partial charge in [0.1, 0.15) is 0 Å². The van der Waals surface area contributed by atoms with Crippen LogP contribution in [0.15, 0.2) is 60.0 Å². The third-order valence-corrected chi connectivity index (χ3v) is 7.08. The van der Waals surface area contributed by atoms with Gasteiger partial charge >= 0.3 is 0 Å². The zero-order valence-corrected chi connectivity index (χ0v) is 18.0. The van der Waals surface area contributed by atoms with Crippen LogP contribution in [0.4, 0.5) is 5.69 Å². The van der Waals surface area contributed by atoms with Crippen molar-refractivity contribution in [3.05, 3.63) is 81.6 Å². The predicted molar refractivity (Wildman–Crippen MR) is 120 cm³/mol. The van der Waals surface area contributed by atoms with Crippen molar-refractivity contribution in [1.29, 1.82) is 0 Å². The van der Waals surface area contributed by atoms with Crippen molar-refractivity contribution >= 4 is 28.6 Å². The fourth-order valence-corrected chi connectivity index (χ4v) is 5.35. The molecule has 31 heavy (non-hydrogen) atoms. The molecule has 1 aromatic heterocycles. The van der Waals surface area contributed by atoms with Gasteiger partial charge in [0.25, 0.3) is 11.6 Å². The topological polar surface area (TPSA) is 62.8 Å². The number of rotatable bonds is 3. The smallest absolute Gasteiger partial charge is 0.291 e. The number of hydrazine groups is 1. The molecule has 7 heteroatoms. The Kier molecular flexibility index (Phi) is 3.94. The van der Waals surface area contributed by atoms with Gasteiger partial charge in [-0.05, 0) is 47.7 Å². The number of anilines is 1. The highest BCUT2D eigenvalue weighted by Crippen LogP contribution is 2.55. The van der Waals surface area contributed by atoms with E-state index in [0.29, 0.717) is 11.5 Å². The molecule has 2 N–H and O–H groups in total. The van der Waals surface area contributed by atoms with Gasteiger partial charge in [0.05, 0.1) is 29.4 Å². The average molecular weight is 432 g/mol. The Morgan fingerprint density at radius 1 is 1.23 bits per heavy atom. The van der Waals surface area contributed by atoms with E-state index < -0.39 is 5.72 Å².